The van der Waals surface area contributed by atoms with Crippen molar-refractivity contribution in [2.24, 2.45) is 0 Å². The minimum Gasteiger partial charge on any atom is -0.480 e. The lowest BCUT2D eigenvalue weighted by Gasteiger charge is -2.14. The van der Waals surface area contributed by atoms with Gasteiger partial charge in [-0.25, -0.2) is 9.78 Å². The van der Waals surface area contributed by atoms with Gasteiger partial charge in [0.05, 0.1) is 17.4 Å². The monoisotopic (exact) mass is 309 g/mol. The molecule has 6 nitrogen and oxygen atoms in total. The maximum absolute atomic E-state index is 12.3. The fraction of sp³-hybridized carbons (Fsp3) is 0.118. The van der Waals surface area contributed by atoms with E-state index < -0.39 is 17.9 Å². The number of H-pyrrole nitrogens is 1. The summed E-state index contributed by atoms with van der Waals surface area (Å²) in [6, 6.07) is 13.2. The molecule has 3 rings (SSSR count). The average molecular weight is 309 g/mol. The Morgan fingerprint density at radius 1 is 1.17 bits per heavy atom. The molecule has 1 aromatic heterocycles. The van der Waals surface area contributed by atoms with Crippen LogP contribution in [0.5, 0.6) is 0 Å². The van der Waals surface area contributed by atoms with Crippen LogP contribution < -0.4 is 5.32 Å². The number of rotatable bonds is 5. The molecule has 0 saturated carbocycles. The molecule has 0 aliphatic heterocycles. The van der Waals surface area contributed by atoms with Crippen LogP contribution in [0.1, 0.15) is 15.9 Å². The number of carbonyl (C=O) groups is 2. The summed E-state index contributed by atoms with van der Waals surface area (Å²) < 4.78 is 0. The first-order chi connectivity index (χ1) is 11.1. The highest BCUT2D eigenvalue weighted by Crippen LogP contribution is 2.12. The molecule has 23 heavy (non-hydrogen) atoms. The molecule has 0 aliphatic carbocycles. The third-order valence-electron chi connectivity index (χ3n) is 3.57. The van der Waals surface area contributed by atoms with Crippen LogP contribution in [0.3, 0.4) is 0 Å². The van der Waals surface area contributed by atoms with E-state index in [0.29, 0.717) is 5.56 Å². The maximum atomic E-state index is 12.3. The van der Waals surface area contributed by atoms with E-state index >= 15 is 0 Å². The van der Waals surface area contributed by atoms with Crippen molar-refractivity contribution in [3.05, 3.63) is 66.0 Å². The van der Waals surface area contributed by atoms with E-state index in [-0.39, 0.29) is 6.42 Å². The molecule has 1 unspecified atom stereocenters. The van der Waals surface area contributed by atoms with E-state index in [1.165, 1.54) is 0 Å². The first-order valence-corrected chi connectivity index (χ1v) is 7.14. The van der Waals surface area contributed by atoms with Gasteiger partial charge in [0, 0.05) is 12.0 Å². The summed E-state index contributed by atoms with van der Waals surface area (Å²) in [5.74, 6) is -1.49. The molecular weight excluding hydrogens is 294 g/mol. The number of aromatic nitrogens is 2. The summed E-state index contributed by atoms with van der Waals surface area (Å²) in [5, 5.41) is 11.9. The van der Waals surface area contributed by atoms with Gasteiger partial charge in [-0.2, -0.15) is 0 Å². The number of hydrogen-bond acceptors (Lipinski definition) is 3. The van der Waals surface area contributed by atoms with Gasteiger partial charge in [-0.3, -0.25) is 4.79 Å². The van der Waals surface area contributed by atoms with Crippen molar-refractivity contribution in [2.45, 2.75) is 12.5 Å². The van der Waals surface area contributed by atoms with Crippen LogP contribution in [-0.4, -0.2) is 33.0 Å². The number of carbonyl (C=O) groups excluding carboxylic acids is 1. The van der Waals surface area contributed by atoms with Gasteiger partial charge in [-0.15, -0.1) is 0 Å². The molecule has 1 amide bonds. The fourth-order valence-corrected chi connectivity index (χ4v) is 2.37. The summed E-state index contributed by atoms with van der Waals surface area (Å²) in [4.78, 5) is 30.7. The summed E-state index contributed by atoms with van der Waals surface area (Å²) in [6.07, 6.45) is 1.77. The first-order valence-electron chi connectivity index (χ1n) is 7.14. The maximum Gasteiger partial charge on any atom is 0.326 e. The van der Waals surface area contributed by atoms with E-state index in [0.717, 1.165) is 16.6 Å². The fourth-order valence-electron chi connectivity index (χ4n) is 2.37. The van der Waals surface area contributed by atoms with Crippen LogP contribution in [0.25, 0.3) is 11.0 Å². The normalized spacial score (nSPS) is 12.0. The van der Waals surface area contributed by atoms with E-state index in [1.807, 2.05) is 30.3 Å². The number of imidazole rings is 1. The third kappa shape index (κ3) is 3.37. The topological polar surface area (TPSA) is 95.1 Å². The molecule has 0 aliphatic rings. The Morgan fingerprint density at radius 3 is 2.70 bits per heavy atom. The summed E-state index contributed by atoms with van der Waals surface area (Å²) in [5.41, 5.74) is 2.72. The molecule has 0 saturated heterocycles. The quantitative estimate of drug-likeness (QED) is 0.671. The number of carboxylic acid groups (broad SMARTS) is 1. The summed E-state index contributed by atoms with van der Waals surface area (Å²) >= 11 is 0. The minimum absolute atomic E-state index is 0.230. The first kappa shape index (κ1) is 14.8. The second kappa shape index (κ2) is 6.31. The van der Waals surface area contributed by atoms with E-state index in [1.54, 1.807) is 24.5 Å². The minimum atomic E-state index is -1.06. The van der Waals surface area contributed by atoms with Gasteiger partial charge in [0.25, 0.3) is 5.91 Å². The van der Waals surface area contributed by atoms with Crippen molar-refractivity contribution in [1.82, 2.24) is 15.3 Å². The SMILES string of the molecule is O=C(NC(Cc1ccccc1)C(=O)O)c1ccc2nc[nH]c2c1. The van der Waals surface area contributed by atoms with Gasteiger partial charge in [0.1, 0.15) is 6.04 Å². The number of nitrogens with zero attached hydrogens (tertiary/aromatic N) is 1. The molecule has 0 fully saturated rings. The largest absolute Gasteiger partial charge is 0.480 e. The highest BCUT2D eigenvalue weighted by Gasteiger charge is 2.21. The summed E-state index contributed by atoms with van der Waals surface area (Å²) in [6.45, 7) is 0. The highest BCUT2D eigenvalue weighted by molar-refractivity contribution is 5.99. The van der Waals surface area contributed by atoms with Crippen LogP contribution in [-0.2, 0) is 11.2 Å². The number of benzene rings is 2. The number of fused-ring (bicyclic) bond motifs is 1. The van der Waals surface area contributed by atoms with Gasteiger partial charge in [-0.1, -0.05) is 30.3 Å². The number of amides is 1. The van der Waals surface area contributed by atoms with Crippen LogP contribution >= 0.6 is 0 Å². The second-order valence-electron chi connectivity index (χ2n) is 5.19. The Bertz CT molecular complexity index is 842. The molecule has 3 aromatic rings. The highest BCUT2D eigenvalue weighted by atomic mass is 16.4. The number of hydrogen-bond donors (Lipinski definition) is 3. The number of carboxylic acids is 1. The molecule has 0 spiro atoms. The molecule has 6 heteroatoms. The van der Waals surface area contributed by atoms with Crippen molar-refractivity contribution >= 4 is 22.9 Å². The lowest BCUT2D eigenvalue weighted by atomic mass is 10.1. The number of aromatic amines is 1. The van der Waals surface area contributed by atoms with Crippen LogP contribution in [0.15, 0.2) is 54.9 Å². The van der Waals surface area contributed by atoms with Crippen LogP contribution in [0.4, 0.5) is 0 Å². The zero-order chi connectivity index (χ0) is 16.2. The van der Waals surface area contributed by atoms with Crippen LogP contribution in [0.2, 0.25) is 0 Å². The molecule has 1 heterocycles. The molecule has 0 radical (unpaired) electrons. The Balaban J connectivity index is 1.76. The average Bonchev–Trinajstić information content (AvgIpc) is 3.02. The van der Waals surface area contributed by atoms with E-state index in [9.17, 15) is 14.7 Å². The van der Waals surface area contributed by atoms with E-state index in [2.05, 4.69) is 15.3 Å². The molecular formula is C17H15N3O3. The van der Waals surface area contributed by atoms with Crippen molar-refractivity contribution in [3.63, 3.8) is 0 Å². The van der Waals surface area contributed by atoms with Gasteiger partial charge in [0.2, 0.25) is 0 Å². The number of nitrogens with one attached hydrogen (secondary N) is 2. The Hall–Kier alpha value is -3.15. The molecule has 1 atom stereocenters. The Morgan fingerprint density at radius 2 is 1.96 bits per heavy atom. The van der Waals surface area contributed by atoms with Gasteiger partial charge in [-0.05, 0) is 23.8 Å². The molecule has 0 bridgehead atoms. The van der Waals surface area contributed by atoms with Crippen molar-refractivity contribution in [1.29, 1.82) is 0 Å². The second-order valence-corrected chi connectivity index (χ2v) is 5.19. The zero-order valence-corrected chi connectivity index (χ0v) is 12.2. The number of aliphatic carboxylic acids is 1. The summed E-state index contributed by atoms with van der Waals surface area (Å²) in [7, 11) is 0. The lowest BCUT2D eigenvalue weighted by Crippen LogP contribution is -2.42. The van der Waals surface area contributed by atoms with Gasteiger partial charge in [0.15, 0.2) is 0 Å². The van der Waals surface area contributed by atoms with Crippen molar-refractivity contribution < 1.29 is 14.7 Å². The molecule has 3 N–H and O–H groups in total. The van der Waals surface area contributed by atoms with E-state index in [4.69, 9.17) is 0 Å². The molecule has 2 aromatic carbocycles. The smallest absolute Gasteiger partial charge is 0.326 e. The van der Waals surface area contributed by atoms with Crippen molar-refractivity contribution in [3.8, 4) is 0 Å². The predicted octanol–water partition coefficient (Wildman–Crippen LogP) is 1.99. The van der Waals surface area contributed by atoms with Gasteiger partial charge < -0.3 is 15.4 Å². The predicted molar refractivity (Wildman–Crippen MR) is 85.1 cm³/mol. The molecule has 116 valence electrons. The lowest BCUT2D eigenvalue weighted by molar-refractivity contribution is -0.139. The Kier molecular flexibility index (Phi) is 4.05. The van der Waals surface area contributed by atoms with Crippen LogP contribution in [0, 0.1) is 0 Å². The zero-order valence-electron chi connectivity index (χ0n) is 12.2. The standard InChI is InChI=1S/C17H15N3O3/c21-16(12-6-7-13-14(9-12)19-10-18-13)20-15(17(22)23)8-11-4-2-1-3-5-11/h1-7,9-10,15H,8H2,(H,18,19)(H,20,21)(H,22,23). The van der Waals surface area contributed by atoms with Gasteiger partial charge >= 0.3 is 5.97 Å². The third-order valence-corrected chi connectivity index (χ3v) is 3.57. The Labute approximate surface area is 132 Å². The van der Waals surface area contributed by atoms with Crippen molar-refractivity contribution in [2.75, 3.05) is 0 Å².